The molecule has 7 heteroatoms. The number of aryl methyl sites for hydroxylation is 1. The van der Waals surface area contributed by atoms with Gasteiger partial charge in [0.1, 0.15) is 11.9 Å². The van der Waals surface area contributed by atoms with Gasteiger partial charge >= 0.3 is 0 Å². The lowest BCUT2D eigenvalue weighted by Gasteiger charge is -2.24. The van der Waals surface area contributed by atoms with Gasteiger partial charge in [0.25, 0.3) is 5.56 Å². The second kappa shape index (κ2) is 5.49. The van der Waals surface area contributed by atoms with E-state index >= 15 is 0 Å². The second-order valence-corrected chi connectivity index (χ2v) is 6.96. The Morgan fingerprint density at radius 2 is 2.13 bits per heavy atom. The van der Waals surface area contributed by atoms with E-state index in [-0.39, 0.29) is 17.9 Å². The van der Waals surface area contributed by atoms with E-state index in [1.54, 1.807) is 19.1 Å². The number of hydrogen-bond acceptors (Lipinski definition) is 5. The maximum Gasteiger partial charge on any atom is 0.261 e. The van der Waals surface area contributed by atoms with Crippen LogP contribution < -0.4 is 21.4 Å². The fraction of sp³-hybridized carbons (Fsp3) is 0.375. The number of imide groups is 1. The van der Waals surface area contributed by atoms with E-state index in [0.29, 0.717) is 22.8 Å². The van der Waals surface area contributed by atoms with Gasteiger partial charge in [0.15, 0.2) is 0 Å². The van der Waals surface area contributed by atoms with Gasteiger partial charge in [-0.25, -0.2) is 4.98 Å². The summed E-state index contributed by atoms with van der Waals surface area (Å²) in [5, 5.41) is 3.26. The predicted molar refractivity (Wildman–Crippen MR) is 89.4 cm³/mol. The van der Waals surface area contributed by atoms with Gasteiger partial charge < -0.3 is 0 Å². The molecule has 3 rings (SSSR count). The van der Waals surface area contributed by atoms with Crippen LogP contribution >= 0.6 is 12.6 Å². The number of nitrogens with one attached hydrogen (secondary N) is 1. The van der Waals surface area contributed by atoms with Crippen LogP contribution in [0.2, 0.25) is 0 Å². The number of fused-ring (bicyclic) bond motifs is 1. The highest BCUT2D eigenvalue weighted by atomic mass is 32.1. The van der Waals surface area contributed by atoms with Crippen LogP contribution in [0.5, 0.6) is 0 Å². The third-order valence-electron chi connectivity index (χ3n) is 4.00. The number of piperidine rings is 1. The van der Waals surface area contributed by atoms with Gasteiger partial charge in [-0.15, -0.1) is 0 Å². The third kappa shape index (κ3) is 2.88. The lowest BCUT2D eigenvalue weighted by atomic mass is 10.1. The number of carbonyl (C=O) groups excluding carboxylic acids is 2. The molecule has 2 unspecified atom stereocenters. The number of aromatic nitrogens is 2. The molecule has 6 nitrogen and oxygen atoms in total. The number of amides is 2. The number of allylic oxidation sites excluding steroid dienone is 1. The SMILES string of the molecule is Cc1nc2c(c(=O)n1C1CCC(=O)NC1=O)=CC(C)(S)C=CC=2. The van der Waals surface area contributed by atoms with Gasteiger partial charge in [-0.05, 0) is 26.3 Å². The van der Waals surface area contributed by atoms with Gasteiger partial charge in [0.2, 0.25) is 11.8 Å². The van der Waals surface area contributed by atoms with Crippen molar-refractivity contribution in [3.63, 3.8) is 0 Å². The Morgan fingerprint density at radius 1 is 1.39 bits per heavy atom. The van der Waals surface area contributed by atoms with E-state index in [9.17, 15) is 14.4 Å². The minimum Gasteiger partial charge on any atom is -0.295 e. The normalized spacial score (nSPS) is 26.7. The zero-order chi connectivity index (χ0) is 16.8. The minimum absolute atomic E-state index is 0.209. The molecule has 2 amide bonds. The van der Waals surface area contributed by atoms with Crippen molar-refractivity contribution in [1.82, 2.24) is 14.9 Å². The molecule has 0 saturated carbocycles. The summed E-state index contributed by atoms with van der Waals surface area (Å²) >= 11 is 4.51. The Kier molecular flexibility index (Phi) is 3.75. The van der Waals surface area contributed by atoms with Crippen LogP contribution in [-0.4, -0.2) is 26.1 Å². The average Bonchev–Trinajstić information content (AvgIpc) is 2.59. The number of nitrogens with zero attached hydrogens (tertiary/aromatic N) is 2. The van der Waals surface area contributed by atoms with Gasteiger partial charge in [0, 0.05) is 11.2 Å². The highest BCUT2D eigenvalue weighted by molar-refractivity contribution is 7.82. The molecule has 1 N–H and O–H groups in total. The summed E-state index contributed by atoms with van der Waals surface area (Å²) in [5.74, 6) is -0.326. The quantitative estimate of drug-likeness (QED) is 0.529. The van der Waals surface area contributed by atoms with Crippen molar-refractivity contribution in [2.24, 2.45) is 0 Å². The maximum atomic E-state index is 12.9. The molecular weight excluding hydrogens is 314 g/mol. The van der Waals surface area contributed by atoms with Crippen molar-refractivity contribution in [1.29, 1.82) is 0 Å². The molecule has 23 heavy (non-hydrogen) atoms. The van der Waals surface area contributed by atoms with Crippen molar-refractivity contribution in [3.8, 4) is 0 Å². The number of thiol groups is 1. The molecule has 0 aromatic carbocycles. The van der Waals surface area contributed by atoms with E-state index in [1.807, 2.05) is 19.1 Å². The van der Waals surface area contributed by atoms with Crippen LogP contribution in [0.15, 0.2) is 16.9 Å². The number of hydrogen-bond donors (Lipinski definition) is 2. The molecule has 2 aliphatic rings. The highest BCUT2D eigenvalue weighted by Crippen LogP contribution is 2.19. The Hall–Kier alpha value is -2.15. The first-order valence-electron chi connectivity index (χ1n) is 7.36. The molecule has 1 aliphatic carbocycles. The number of rotatable bonds is 1. The lowest BCUT2D eigenvalue weighted by molar-refractivity contribution is -0.135. The number of carbonyl (C=O) groups is 2. The van der Waals surface area contributed by atoms with Gasteiger partial charge in [-0.1, -0.05) is 18.2 Å². The first-order valence-corrected chi connectivity index (χ1v) is 7.81. The highest BCUT2D eigenvalue weighted by Gasteiger charge is 2.30. The van der Waals surface area contributed by atoms with Crippen molar-refractivity contribution < 1.29 is 9.59 Å². The monoisotopic (exact) mass is 331 g/mol. The first kappa shape index (κ1) is 15.7. The summed E-state index contributed by atoms with van der Waals surface area (Å²) in [6, 6.07) is -0.714. The molecule has 1 aliphatic heterocycles. The van der Waals surface area contributed by atoms with E-state index in [2.05, 4.69) is 22.9 Å². The van der Waals surface area contributed by atoms with Gasteiger partial charge in [-0.2, -0.15) is 12.6 Å². The van der Waals surface area contributed by atoms with Crippen molar-refractivity contribution >= 4 is 36.6 Å². The zero-order valence-corrected chi connectivity index (χ0v) is 13.8. The van der Waals surface area contributed by atoms with Crippen LogP contribution in [0.4, 0.5) is 0 Å². The van der Waals surface area contributed by atoms with E-state index in [4.69, 9.17) is 0 Å². The molecule has 2 atom stereocenters. The lowest BCUT2D eigenvalue weighted by Crippen LogP contribution is -2.53. The summed E-state index contributed by atoms with van der Waals surface area (Å²) in [4.78, 5) is 40.8. The molecule has 120 valence electrons. The third-order valence-corrected chi connectivity index (χ3v) is 4.28. The first-order chi connectivity index (χ1) is 10.8. The summed E-state index contributed by atoms with van der Waals surface area (Å²) in [6.07, 6.45) is 7.69. The van der Waals surface area contributed by atoms with Crippen molar-refractivity contribution in [2.75, 3.05) is 0 Å². The van der Waals surface area contributed by atoms with Crippen LogP contribution in [-0.2, 0) is 9.59 Å². The average molecular weight is 331 g/mol. The summed E-state index contributed by atoms with van der Waals surface area (Å²) in [7, 11) is 0. The summed E-state index contributed by atoms with van der Waals surface area (Å²) in [6.45, 7) is 3.55. The Labute approximate surface area is 138 Å². The molecule has 1 fully saturated rings. The second-order valence-electron chi connectivity index (χ2n) is 6.00. The summed E-state index contributed by atoms with van der Waals surface area (Å²) < 4.78 is 0.792. The van der Waals surface area contributed by atoms with Gasteiger partial charge in [0.05, 0.1) is 10.6 Å². The molecule has 0 spiro atoms. The zero-order valence-electron chi connectivity index (χ0n) is 12.9. The molecule has 1 aromatic heterocycles. The molecule has 2 heterocycles. The molecular formula is C16H17N3O3S. The molecule has 1 saturated heterocycles. The molecule has 1 aromatic rings. The van der Waals surface area contributed by atoms with Gasteiger partial charge in [-0.3, -0.25) is 24.3 Å². The van der Waals surface area contributed by atoms with Crippen molar-refractivity contribution in [3.05, 3.63) is 38.9 Å². The van der Waals surface area contributed by atoms with Crippen LogP contribution in [0, 0.1) is 6.92 Å². The molecule has 0 bridgehead atoms. The van der Waals surface area contributed by atoms with Crippen LogP contribution in [0.25, 0.3) is 12.2 Å². The fourth-order valence-corrected chi connectivity index (χ4v) is 3.12. The smallest absolute Gasteiger partial charge is 0.261 e. The Balaban J connectivity index is 2.25. The minimum atomic E-state index is -0.714. The van der Waals surface area contributed by atoms with E-state index < -0.39 is 16.7 Å². The topological polar surface area (TPSA) is 81.1 Å². The predicted octanol–water partition coefficient (Wildman–Crippen LogP) is -0.651. The van der Waals surface area contributed by atoms with Crippen LogP contribution in [0.1, 0.15) is 31.6 Å². The largest absolute Gasteiger partial charge is 0.295 e. The van der Waals surface area contributed by atoms with E-state index in [1.165, 1.54) is 4.57 Å². The Morgan fingerprint density at radius 3 is 2.83 bits per heavy atom. The molecule has 0 radical (unpaired) electrons. The van der Waals surface area contributed by atoms with E-state index in [0.717, 1.165) is 0 Å². The van der Waals surface area contributed by atoms with Crippen molar-refractivity contribution in [2.45, 2.75) is 37.5 Å². The van der Waals surface area contributed by atoms with Crippen LogP contribution in [0.3, 0.4) is 0 Å². The summed E-state index contributed by atoms with van der Waals surface area (Å²) in [5.41, 5.74) is -0.290. The fourth-order valence-electron chi connectivity index (χ4n) is 2.91. The Bertz CT molecular complexity index is 912. The standard InChI is InChI=1S/C16H17N3O3S/c1-9-17-11-4-3-7-16(2,23)8-10(11)15(22)19(9)12-5-6-13(20)18-14(12)21/h3-4,7-8,12,23H,5-6H2,1-2H3,(H,18,20,21). The maximum absolute atomic E-state index is 12.9.